The van der Waals surface area contributed by atoms with Gasteiger partial charge in [0.25, 0.3) is 5.91 Å². The monoisotopic (exact) mass is 501 g/mol. The zero-order valence-corrected chi connectivity index (χ0v) is 22.0. The summed E-state index contributed by atoms with van der Waals surface area (Å²) in [6.07, 6.45) is 1.53. The van der Waals surface area contributed by atoms with Crippen LogP contribution in [0.1, 0.15) is 56.0 Å². The van der Waals surface area contributed by atoms with Gasteiger partial charge >= 0.3 is 0 Å². The first-order chi connectivity index (χ1) is 17.8. The van der Waals surface area contributed by atoms with Crippen molar-refractivity contribution in [3.63, 3.8) is 0 Å². The molecule has 1 aliphatic heterocycles. The summed E-state index contributed by atoms with van der Waals surface area (Å²) in [5, 5.41) is 5.00. The number of hydrogen-bond donors (Lipinski definition) is 1. The van der Waals surface area contributed by atoms with Crippen molar-refractivity contribution < 1.29 is 19.1 Å². The minimum absolute atomic E-state index is 0.0263. The lowest BCUT2D eigenvalue weighted by molar-refractivity contribution is -0.140. The molecule has 0 aliphatic carbocycles. The molecule has 2 atom stereocenters. The molecule has 1 aliphatic rings. The van der Waals surface area contributed by atoms with Crippen molar-refractivity contribution in [3.8, 4) is 5.75 Å². The fourth-order valence-corrected chi connectivity index (χ4v) is 4.71. The predicted octanol–water partition coefficient (Wildman–Crippen LogP) is 4.92. The van der Waals surface area contributed by atoms with Gasteiger partial charge in [0, 0.05) is 36.5 Å². The van der Waals surface area contributed by atoms with E-state index in [2.05, 4.69) is 5.32 Å². The Bertz CT molecular complexity index is 1280. The normalized spacial score (nSPS) is 13.9. The Kier molecular flexibility index (Phi) is 8.11. The van der Waals surface area contributed by atoms with Gasteiger partial charge in [-0.1, -0.05) is 43.3 Å². The van der Waals surface area contributed by atoms with Crippen LogP contribution in [-0.4, -0.2) is 48.4 Å². The number of rotatable bonds is 11. The molecule has 0 unspecified atom stereocenters. The number of hydrogen-bond acceptors (Lipinski definition) is 4. The molecule has 37 heavy (non-hydrogen) atoms. The van der Waals surface area contributed by atoms with Gasteiger partial charge in [-0.3, -0.25) is 14.4 Å². The second kappa shape index (κ2) is 11.5. The van der Waals surface area contributed by atoms with Crippen LogP contribution < -0.4 is 15.0 Å². The SMILES string of the molecule is CC[C@@H](C)NC(=O)[C@H](C)N(Cc1ccc(OC)cc1)C(=O)CCCN1C(=O)c2cccc3cccc1c23. The standard InChI is InChI=1S/C30H35N3O4/c1-5-20(2)31-29(35)21(3)33(19-22-14-16-24(37-4)17-15-22)27(34)13-8-18-32-26-12-7-10-23-9-6-11-25(28(23)26)30(32)36/h6-7,9-12,14-17,20-21H,5,8,13,18-19H2,1-4H3,(H,31,35)/t20-,21+/m1/s1. The van der Waals surface area contributed by atoms with E-state index in [1.165, 1.54) is 0 Å². The van der Waals surface area contributed by atoms with Gasteiger partial charge in [0.05, 0.1) is 12.8 Å². The average molecular weight is 502 g/mol. The topological polar surface area (TPSA) is 79.0 Å². The molecule has 0 radical (unpaired) electrons. The first-order valence-electron chi connectivity index (χ1n) is 12.9. The Morgan fingerprint density at radius 1 is 1.03 bits per heavy atom. The van der Waals surface area contributed by atoms with Crippen LogP contribution in [0.3, 0.4) is 0 Å². The van der Waals surface area contributed by atoms with Crippen molar-refractivity contribution in [2.24, 2.45) is 0 Å². The lowest BCUT2D eigenvalue weighted by Gasteiger charge is -2.30. The summed E-state index contributed by atoms with van der Waals surface area (Å²) in [5.41, 5.74) is 2.51. The van der Waals surface area contributed by atoms with E-state index in [1.807, 2.05) is 74.5 Å². The fraction of sp³-hybridized carbons (Fsp3) is 0.367. The van der Waals surface area contributed by atoms with E-state index in [0.717, 1.165) is 34.2 Å². The van der Waals surface area contributed by atoms with Crippen LogP contribution in [0.4, 0.5) is 5.69 Å². The Balaban J connectivity index is 1.46. The van der Waals surface area contributed by atoms with Crippen molar-refractivity contribution >= 4 is 34.2 Å². The highest BCUT2D eigenvalue weighted by Gasteiger charge is 2.30. The van der Waals surface area contributed by atoms with Gasteiger partial charge in [0.1, 0.15) is 11.8 Å². The fourth-order valence-electron chi connectivity index (χ4n) is 4.71. The molecular formula is C30H35N3O4. The summed E-state index contributed by atoms with van der Waals surface area (Å²) in [6, 6.07) is 18.6. The molecule has 7 heteroatoms. The lowest BCUT2D eigenvalue weighted by Crippen LogP contribution is -2.49. The summed E-state index contributed by atoms with van der Waals surface area (Å²) >= 11 is 0. The number of nitrogens with zero attached hydrogens (tertiary/aromatic N) is 2. The van der Waals surface area contributed by atoms with Crippen LogP contribution in [0.15, 0.2) is 60.7 Å². The summed E-state index contributed by atoms with van der Waals surface area (Å²) in [6.45, 7) is 6.47. The molecule has 1 N–H and O–H groups in total. The summed E-state index contributed by atoms with van der Waals surface area (Å²) in [7, 11) is 1.61. The van der Waals surface area contributed by atoms with Crippen molar-refractivity contribution in [2.75, 3.05) is 18.6 Å². The van der Waals surface area contributed by atoms with Gasteiger partial charge in [-0.05, 0) is 61.9 Å². The van der Waals surface area contributed by atoms with Crippen LogP contribution >= 0.6 is 0 Å². The van der Waals surface area contributed by atoms with Gasteiger partial charge in [-0.2, -0.15) is 0 Å². The van der Waals surface area contributed by atoms with Gasteiger partial charge in [-0.25, -0.2) is 0 Å². The minimum Gasteiger partial charge on any atom is -0.497 e. The zero-order chi connectivity index (χ0) is 26.5. The number of nitrogens with one attached hydrogen (secondary N) is 1. The number of ether oxygens (including phenoxy) is 1. The molecule has 0 aromatic heterocycles. The summed E-state index contributed by atoms with van der Waals surface area (Å²) < 4.78 is 5.24. The first kappa shape index (κ1) is 26.2. The second-order valence-corrected chi connectivity index (χ2v) is 9.60. The number of carbonyl (C=O) groups is 3. The molecule has 1 heterocycles. The first-order valence-corrected chi connectivity index (χ1v) is 12.9. The van der Waals surface area contributed by atoms with Gasteiger partial charge in [0.2, 0.25) is 11.8 Å². The molecular weight excluding hydrogens is 466 g/mol. The molecule has 194 valence electrons. The number of anilines is 1. The van der Waals surface area contributed by atoms with Crippen LogP contribution in [0.2, 0.25) is 0 Å². The minimum atomic E-state index is -0.630. The Labute approximate surface area is 218 Å². The van der Waals surface area contributed by atoms with E-state index in [-0.39, 0.29) is 30.2 Å². The summed E-state index contributed by atoms with van der Waals surface area (Å²) in [4.78, 5) is 42.8. The molecule has 0 fully saturated rings. The highest BCUT2D eigenvalue weighted by Crippen LogP contribution is 2.37. The molecule has 0 spiro atoms. The molecule has 3 amide bonds. The summed E-state index contributed by atoms with van der Waals surface area (Å²) in [5.74, 6) is 0.407. The highest BCUT2D eigenvalue weighted by atomic mass is 16.5. The van der Waals surface area contributed by atoms with Crippen LogP contribution in [-0.2, 0) is 16.1 Å². The zero-order valence-electron chi connectivity index (χ0n) is 22.0. The Morgan fingerprint density at radius 3 is 2.41 bits per heavy atom. The molecule has 0 bridgehead atoms. The Hall–Kier alpha value is -3.87. The van der Waals surface area contributed by atoms with E-state index in [0.29, 0.717) is 25.1 Å². The average Bonchev–Trinajstić information content (AvgIpc) is 3.19. The predicted molar refractivity (Wildman–Crippen MR) is 146 cm³/mol. The van der Waals surface area contributed by atoms with E-state index in [1.54, 1.807) is 23.8 Å². The van der Waals surface area contributed by atoms with Crippen molar-refractivity contribution in [1.82, 2.24) is 10.2 Å². The maximum atomic E-state index is 13.5. The van der Waals surface area contributed by atoms with Gasteiger partial charge in [-0.15, -0.1) is 0 Å². The third-order valence-corrected chi connectivity index (χ3v) is 7.10. The maximum Gasteiger partial charge on any atom is 0.258 e. The maximum absolute atomic E-state index is 13.5. The van der Waals surface area contributed by atoms with Gasteiger partial charge < -0.3 is 19.9 Å². The lowest BCUT2D eigenvalue weighted by atomic mass is 10.1. The van der Waals surface area contributed by atoms with E-state index < -0.39 is 6.04 Å². The van der Waals surface area contributed by atoms with Crippen molar-refractivity contribution in [2.45, 2.75) is 58.7 Å². The van der Waals surface area contributed by atoms with E-state index in [9.17, 15) is 14.4 Å². The number of amides is 3. The van der Waals surface area contributed by atoms with Gasteiger partial charge in [0.15, 0.2) is 0 Å². The largest absolute Gasteiger partial charge is 0.497 e. The molecule has 3 aromatic rings. The second-order valence-electron chi connectivity index (χ2n) is 9.60. The smallest absolute Gasteiger partial charge is 0.258 e. The molecule has 0 saturated heterocycles. The highest BCUT2D eigenvalue weighted by molar-refractivity contribution is 6.25. The van der Waals surface area contributed by atoms with E-state index in [4.69, 9.17) is 4.74 Å². The van der Waals surface area contributed by atoms with E-state index >= 15 is 0 Å². The van der Waals surface area contributed by atoms with Crippen LogP contribution in [0.25, 0.3) is 10.8 Å². The number of benzene rings is 3. The molecule has 3 aromatic carbocycles. The Morgan fingerprint density at radius 2 is 1.73 bits per heavy atom. The van der Waals surface area contributed by atoms with Crippen LogP contribution in [0, 0.1) is 0 Å². The van der Waals surface area contributed by atoms with Crippen molar-refractivity contribution in [3.05, 3.63) is 71.8 Å². The number of methoxy groups -OCH3 is 1. The van der Waals surface area contributed by atoms with Crippen LogP contribution in [0.5, 0.6) is 5.75 Å². The molecule has 4 rings (SSSR count). The molecule has 0 saturated carbocycles. The third-order valence-electron chi connectivity index (χ3n) is 7.10. The quantitative estimate of drug-likeness (QED) is 0.405. The van der Waals surface area contributed by atoms with Crippen molar-refractivity contribution in [1.29, 1.82) is 0 Å². The molecule has 7 nitrogen and oxygen atoms in total. The third kappa shape index (κ3) is 5.61. The number of carbonyl (C=O) groups excluding carboxylic acids is 3.